The van der Waals surface area contributed by atoms with Crippen LogP contribution < -0.4 is 0 Å². The molecule has 0 unspecified atom stereocenters. The molecule has 1 aromatic rings. The number of likely N-dealkylation sites (tertiary alicyclic amines) is 1. The second-order valence-corrected chi connectivity index (χ2v) is 5.32. The summed E-state index contributed by atoms with van der Waals surface area (Å²) in [5.41, 5.74) is 3.97. The molecule has 0 bridgehead atoms. The van der Waals surface area contributed by atoms with Crippen LogP contribution in [0.5, 0.6) is 0 Å². The van der Waals surface area contributed by atoms with Crippen molar-refractivity contribution < 1.29 is 9.90 Å². The van der Waals surface area contributed by atoms with Crippen molar-refractivity contribution in [3.8, 4) is 0 Å². The van der Waals surface area contributed by atoms with Gasteiger partial charge in [-0.25, -0.2) is 0 Å². The summed E-state index contributed by atoms with van der Waals surface area (Å²) in [5, 5.41) is 8.98. The Balaban J connectivity index is 0.00000180. The number of hydrogen-bond acceptors (Lipinski definition) is 2. The number of piperidine rings is 1. The van der Waals surface area contributed by atoms with E-state index in [-0.39, 0.29) is 18.3 Å². The number of aliphatic carboxylic acids is 1. The molecule has 0 aromatic heterocycles. The monoisotopic (exact) mass is 283 g/mol. The van der Waals surface area contributed by atoms with Crippen LogP contribution in [0.3, 0.4) is 0 Å². The highest BCUT2D eigenvalue weighted by Gasteiger charge is 2.24. The highest BCUT2D eigenvalue weighted by atomic mass is 35.5. The van der Waals surface area contributed by atoms with Crippen molar-refractivity contribution in [1.29, 1.82) is 0 Å². The molecule has 0 atom stereocenters. The van der Waals surface area contributed by atoms with Gasteiger partial charge >= 0.3 is 5.97 Å². The Morgan fingerprint density at radius 1 is 1.32 bits per heavy atom. The van der Waals surface area contributed by atoms with Gasteiger partial charge in [0.05, 0.1) is 5.92 Å². The molecular formula is C15H22ClNO2. The number of benzene rings is 1. The third kappa shape index (κ3) is 4.22. The van der Waals surface area contributed by atoms with Crippen molar-refractivity contribution in [2.75, 3.05) is 13.1 Å². The van der Waals surface area contributed by atoms with Crippen molar-refractivity contribution in [3.63, 3.8) is 0 Å². The third-order valence-electron chi connectivity index (χ3n) is 3.84. The van der Waals surface area contributed by atoms with Gasteiger partial charge < -0.3 is 5.11 Å². The normalized spacial score (nSPS) is 16.9. The molecule has 0 radical (unpaired) electrons. The van der Waals surface area contributed by atoms with E-state index in [1.807, 2.05) is 0 Å². The van der Waals surface area contributed by atoms with Crippen LogP contribution >= 0.6 is 12.4 Å². The summed E-state index contributed by atoms with van der Waals surface area (Å²) in [6, 6.07) is 6.53. The number of aryl methyl sites for hydroxylation is 2. The molecule has 19 heavy (non-hydrogen) atoms. The van der Waals surface area contributed by atoms with E-state index in [1.165, 1.54) is 16.7 Å². The molecule has 1 aromatic carbocycles. The first-order chi connectivity index (χ1) is 8.56. The third-order valence-corrected chi connectivity index (χ3v) is 3.84. The summed E-state index contributed by atoms with van der Waals surface area (Å²) in [7, 11) is 0. The van der Waals surface area contributed by atoms with Gasteiger partial charge in [0.15, 0.2) is 0 Å². The maximum Gasteiger partial charge on any atom is 0.306 e. The van der Waals surface area contributed by atoms with E-state index in [9.17, 15) is 4.79 Å². The minimum atomic E-state index is -0.638. The lowest BCUT2D eigenvalue weighted by molar-refractivity contribution is -0.143. The van der Waals surface area contributed by atoms with E-state index in [4.69, 9.17) is 5.11 Å². The van der Waals surface area contributed by atoms with Crippen molar-refractivity contribution in [3.05, 3.63) is 34.9 Å². The second kappa shape index (κ2) is 6.92. The maximum absolute atomic E-state index is 10.9. The summed E-state index contributed by atoms with van der Waals surface area (Å²) in [6.07, 6.45) is 1.56. The van der Waals surface area contributed by atoms with E-state index in [1.54, 1.807) is 0 Å². The molecule has 1 N–H and O–H groups in total. The number of hydrogen-bond donors (Lipinski definition) is 1. The minimum Gasteiger partial charge on any atom is -0.481 e. The van der Waals surface area contributed by atoms with Gasteiger partial charge in [-0.15, -0.1) is 12.4 Å². The molecule has 4 heteroatoms. The fraction of sp³-hybridized carbons (Fsp3) is 0.533. The minimum absolute atomic E-state index is 0. The van der Waals surface area contributed by atoms with Crippen molar-refractivity contribution in [1.82, 2.24) is 4.90 Å². The van der Waals surface area contributed by atoms with Gasteiger partial charge in [-0.3, -0.25) is 9.69 Å². The van der Waals surface area contributed by atoms with Crippen LogP contribution in [-0.4, -0.2) is 29.1 Å². The Bertz CT molecular complexity index is 440. The van der Waals surface area contributed by atoms with Gasteiger partial charge in [0.25, 0.3) is 0 Å². The zero-order chi connectivity index (χ0) is 13.1. The first kappa shape index (κ1) is 16.0. The molecule has 1 aliphatic heterocycles. The molecule has 0 amide bonds. The highest BCUT2D eigenvalue weighted by Crippen LogP contribution is 2.20. The molecule has 1 heterocycles. The highest BCUT2D eigenvalue weighted by molar-refractivity contribution is 5.85. The smallest absolute Gasteiger partial charge is 0.306 e. The van der Waals surface area contributed by atoms with Crippen LogP contribution in [-0.2, 0) is 11.3 Å². The van der Waals surface area contributed by atoms with Crippen LogP contribution in [0.4, 0.5) is 0 Å². The first-order valence-electron chi connectivity index (χ1n) is 6.57. The second-order valence-electron chi connectivity index (χ2n) is 5.32. The van der Waals surface area contributed by atoms with Crippen molar-refractivity contribution in [2.24, 2.45) is 5.92 Å². The molecule has 0 aliphatic carbocycles. The van der Waals surface area contributed by atoms with Gasteiger partial charge in [0.1, 0.15) is 0 Å². The molecule has 2 rings (SSSR count). The Labute approximate surface area is 121 Å². The van der Waals surface area contributed by atoms with E-state index >= 15 is 0 Å². The SMILES string of the molecule is Cc1ccc(C)c(CN2CCC(C(=O)O)CC2)c1.Cl. The molecule has 3 nitrogen and oxygen atoms in total. The number of carboxylic acid groups (broad SMARTS) is 1. The molecular weight excluding hydrogens is 262 g/mol. The van der Waals surface area contributed by atoms with Crippen LogP contribution in [0.15, 0.2) is 18.2 Å². The average molecular weight is 284 g/mol. The number of carboxylic acids is 1. The van der Waals surface area contributed by atoms with Crippen molar-refractivity contribution in [2.45, 2.75) is 33.2 Å². The van der Waals surface area contributed by atoms with Crippen LogP contribution in [0.25, 0.3) is 0 Å². The standard InChI is InChI=1S/C15H21NO2.ClH/c1-11-3-4-12(2)14(9-11)10-16-7-5-13(6-8-16)15(17)18;/h3-4,9,13H,5-8,10H2,1-2H3,(H,17,18);1H. The molecule has 0 spiro atoms. The summed E-state index contributed by atoms with van der Waals surface area (Å²) in [6.45, 7) is 6.98. The first-order valence-corrected chi connectivity index (χ1v) is 6.57. The fourth-order valence-corrected chi connectivity index (χ4v) is 2.55. The lowest BCUT2D eigenvalue weighted by atomic mass is 9.96. The Hall–Kier alpha value is -1.06. The van der Waals surface area contributed by atoms with Gasteiger partial charge in [-0.05, 0) is 50.9 Å². The zero-order valence-corrected chi connectivity index (χ0v) is 12.4. The summed E-state index contributed by atoms with van der Waals surface area (Å²) in [5.74, 6) is -0.777. The Morgan fingerprint density at radius 3 is 2.53 bits per heavy atom. The molecule has 1 fully saturated rings. The lowest BCUT2D eigenvalue weighted by Crippen LogP contribution is -2.36. The Morgan fingerprint density at radius 2 is 1.95 bits per heavy atom. The van der Waals surface area contributed by atoms with E-state index < -0.39 is 5.97 Å². The lowest BCUT2D eigenvalue weighted by Gasteiger charge is -2.30. The molecule has 1 saturated heterocycles. The van der Waals surface area contributed by atoms with E-state index in [0.717, 1.165) is 32.5 Å². The average Bonchev–Trinajstić information content (AvgIpc) is 2.34. The number of carbonyl (C=O) groups is 1. The zero-order valence-electron chi connectivity index (χ0n) is 11.6. The largest absolute Gasteiger partial charge is 0.481 e. The van der Waals surface area contributed by atoms with E-state index in [2.05, 4.69) is 36.9 Å². The molecule has 0 saturated carbocycles. The summed E-state index contributed by atoms with van der Waals surface area (Å²) in [4.78, 5) is 13.3. The van der Waals surface area contributed by atoms with Crippen LogP contribution in [0.1, 0.15) is 29.5 Å². The quantitative estimate of drug-likeness (QED) is 0.927. The number of rotatable bonds is 3. The predicted molar refractivity (Wildman–Crippen MR) is 78.8 cm³/mol. The summed E-state index contributed by atoms with van der Waals surface area (Å²) < 4.78 is 0. The van der Waals surface area contributed by atoms with E-state index in [0.29, 0.717) is 0 Å². The molecule has 1 aliphatic rings. The number of halogens is 1. The topological polar surface area (TPSA) is 40.5 Å². The molecule has 106 valence electrons. The van der Waals surface area contributed by atoms with Crippen LogP contribution in [0.2, 0.25) is 0 Å². The Kier molecular flexibility index (Phi) is 5.83. The van der Waals surface area contributed by atoms with Crippen LogP contribution in [0, 0.1) is 19.8 Å². The van der Waals surface area contributed by atoms with Gasteiger partial charge in [-0.1, -0.05) is 23.8 Å². The number of nitrogens with zero attached hydrogens (tertiary/aromatic N) is 1. The fourth-order valence-electron chi connectivity index (χ4n) is 2.55. The summed E-state index contributed by atoms with van der Waals surface area (Å²) >= 11 is 0. The van der Waals surface area contributed by atoms with Gasteiger partial charge in [-0.2, -0.15) is 0 Å². The predicted octanol–water partition coefficient (Wildman–Crippen LogP) is 3.02. The van der Waals surface area contributed by atoms with Crippen molar-refractivity contribution >= 4 is 18.4 Å². The van der Waals surface area contributed by atoms with Gasteiger partial charge in [0, 0.05) is 6.54 Å². The maximum atomic E-state index is 10.9. The van der Waals surface area contributed by atoms with Gasteiger partial charge in [0.2, 0.25) is 0 Å².